The Labute approximate surface area is 100 Å². The summed E-state index contributed by atoms with van der Waals surface area (Å²) < 4.78 is 0. The molecule has 0 radical (unpaired) electrons. The fourth-order valence-corrected chi connectivity index (χ4v) is 2.25. The standard InChI is InChI=1S/C12H19NO2S/c1-2-3-6-11(12(14)15)13-8-7-10-5-4-9-16-10/h4-5,9,11,13H,2-3,6-8H2,1H3,(H,14,15). The number of unbranched alkanes of at least 4 members (excludes halogenated alkanes) is 1. The summed E-state index contributed by atoms with van der Waals surface area (Å²) in [6.07, 6.45) is 3.63. The number of aliphatic carboxylic acids is 1. The third-order valence-electron chi connectivity index (χ3n) is 2.49. The molecule has 1 atom stereocenters. The van der Waals surface area contributed by atoms with Crippen molar-refractivity contribution >= 4 is 17.3 Å². The predicted molar refractivity (Wildman–Crippen MR) is 67.0 cm³/mol. The van der Waals surface area contributed by atoms with Crippen molar-refractivity contribution in [2.45, 2.75) is 38.6 Å². The second-order valence-corrected chi connectivity index (χ2v) is 4.85. The topological polar surface area (TPSA) is 49.3 Å². The molecule has 16 heavy (non-hydrogen) atoms. The van der Waals surface area contributed by atoms with Crippen LogP contribution in [0, 0.1) is 0 Å². The van der Waals surface area contributed by atoms with Crippen molar-refractivity contribution in [2.75, 3.05) is 6.54 Å². The molecule has 3 nitrogen and oxygen atoms in total. The highest BCUT2D eigenvalue weighted by Gasteiger charge is 2.15. The van der Waals surface area contributed by atoms with Crippen LogP contribution in [-0.2, 0) is 11.2 Å². The summed E-state index contributed by atoms with van der Waals surface area (Å²) in [6.45, 7) is 2.81. The molecule has 90 valence electrons. The lowest BCUT2D eigenvalue weighted by molar-refractivity contribution is -0.139. The van der Waals surface area contributed by atoms with Gasteiger partial charge < -0.3 is 10.4 Å². The van der Waals surface area contributed by atoms with Gasteiger partial charge in [-0.2, -0.15) is 0 Å². The minimum atomic E-state index is -0.736. The Kier molecular flexibility index (Phi) is 6.11. The molecule has 0 amide bonds. The maximum atomic E-state index is 10.9. The van der Waals surface area contributed by atoms with Gasteiger partial charge in [0.05, 0.1) is 0 Å². The number of rotatable bonds is 8. The number of carboxylic acids is 1. The number of hydrogen-bond donors (Lipinski definition) is 2. The van der Waals surface area contributed by atoms with Gasteiger partial charge in [0.15, 0.2) is 0 Å². The minimum Gasteiger partial charge on any atom is -0.480 e. The number of carbonyl (C=O) groups is 1. The van der Waals surface area contributed by atoms with Gasteiger partial charge in [0.2, 0.25) is 0 Å². The summed E-state index contributed by atoms with van der Waals surface area (Å²) >= 11 is 1.71. The summed E-state index contributed by atoms with van der Waals surface area (Å²) in [7, 11) is 0. The molecular formula is C12H19NO2S. The Balaban J connectivity index is 2.24. The molecule has 1 aromatic heterocycles. The van der Waals surface area contributed by atoms with Crippen LogP contribution in [0.25, 0.3) is 0 Å². The molecule has 0 aromatic carbocycles. The number of nitrogens with one attached hydrogen (secondary N) is 1. The van der Waals surface area contributed by atoms with Gasteiger partial charge in [-0.3, -0.25) is 4.79 Å². The normalized spacial score (nSPS) is 12.6. The van der Waals surface area contributed by atoms with Crippen LogP contribution in [0.5, 0.6) is 0 Å². The van der Waals surface area contributed by atoms with Gasteiger partial charge in [-0.1, -0.05) is 25.8 Å². The first-order valence-electron chi connectivity index (χ1n) is 5.72. The molecule has 0 aliphatic heterocycles. The average molecular weight is 241 g/mol. The molecule has 0 bridgehead atoms. The second kappa shape index (κ2) is 7.41. The summed E-state index contributed by atoms with van der Waals surface area (Å²) in [4.78, 5) is 12.2. The maximum absolute atomic E-state index is 10.9. The zero-order chi connectivity index (χ0) is 11.8. The summed E-state index contributed by atoms with van der Waals surface area (Å²) in [5.74, 6) is -0.736. The molecule has 0 aliphatic rings. The Bertz CT molecular complexity index is 298. The van der Waals surface area contributed by atoms with Crippen LogP contribution in [0.2, 0.25) is 0 Å². The molecule has 1 aromatic rings. The van der Waals surface area contributed by atoms with Gasteiger partial charge in [0.1, 0.15) is 6.04 Å². The van der Waals surface area contributed by atoms with Crippen molar-refractivity contribution in [3.8, 4) is 0 Å². The largest absolute Gasteiger partial charge is 0.480 e. The van der Waals surface area contributed by atoms with Crippen LogP contribution >= 0.6 is 11.3 Å². The molecule has 0 aliphatic carbocycles. The van der Waals surface area contributed by atoms with E-state index in [9.17, 15) is 4.79 Å². The van der Waals surface area contributed by atoms with Crippen LogP contribution < -0.4 is 5.32 Å². The summed E-state index contributed by atoms with van der Waals surface area (Å²) in [5.41, 5.74) is 0. The first-order valence-corrected chi connectivity index (χ1v) is 6.60. The van der Waals surface area contributed by atoms with Crippen molar-refractivity contribution in [1.29, 1.82) is 0 Å². The molecule has 4 heteroatoms. The second-order valence-electron chi connectivity index (χ2n) is 3.82. The summed E-state index contributed by atoms with van der Waals surface area (Å²) in [5, 5.41) is 14.1. The predicted octanol–water partition coefficient (Wildman–Crippen LogP) is 2.52. The van der Waals surface area contributed by atoms with Crippen molar-refractivity contribution in [3.63, 3.8) is 0 Å². The zero-order valence-corrected chi connectivity index (χ0v) is 10.4. The highest BCUT2D eigenvalue weighted by molar-refractivity contribution is 7.09. The lowest BCUT2D eigenvalue weighted by Crippen LogP contribution is -2.37. The Morgan fingerprint density at radius 3 is 3.00 bits per heavy atom. The zero-order valence-electron chi connectivity index (χ0n) is 9.61. The fourth-order valence-electron chi connectivity index (χ4n) is 1.55. The molecule has 0 fully saturated rings. The van der Waals surface area contributed by atoms with E-state index in [2.05, 4.69) is 18.3 Å². The molecule has 0 spiro atoms. The van der Waals surface area contributed by atoms with E-state index in [0.717, 1.165) is 32.2 Å². The number of thiophene rings is 1. The molecule has 1 rings (SSSR count). The number of hydrogen-bond acceptors (Lipinski definition) is 3. The van der Waals surface area contributed by atoms with Crippen molar-refractivity contribution in [3.05, 3.63) is 22.4 Å². The molecule has 1 unspecified atom stereocenters. The van der Waals surface area contributed by atoms with E-state index in [1.807, 2.05) is 11.4 Å². The summed E-state index contributed by atoms with van der Waals surface area (Å²) in [6, 6.07) is 3.71. The number of carboxylic acid groups (broad SMARTS) is 1. The highest BCUT2D eigenvalue weighted by atomic mass is 32.1. The third-order valence-corrected chi connectivity index (χ3v) is 3.42. The van der Waals surface area contributed by atoms with E-state index in [0.29, 0.717) is 0 Å². The first kappa shape index (κ1) is 13.2. The van der Waals surface area contributed by atoms with Crippen molar-refractivity contribution < 1.29 is 9.90 Å². The molecular weight excluding hydrogens is 222 g/mol. The van der Waals surface area contributed by atoms with E-state index >= 15 is 0 Å². The smallest absolute Gasteiger partial charge is 0.320 e. The van der Waals surface area contributed by atoms with Gasteiger partial charge in [-0.15, -0.1) is 11.3 Å². The Morgan fingerprint density at radius 2 is 2.44 bits per heavy atom. The Morgan fingerprint density at radius 1 is 1.62 bits per heavy atom. The van der Waals surface area contributed by atoms with E-state index in [4.69, 9.17) is 5.11 Å². The van der Waals surface area contributed by atoms with Gasteiger partial charge in [-0.25, -0.2) is 0 Å². The van der Waals surface area contributed by atoms with Crippen molar-refractivity contribution in [1.82, 2.24) is 5.32 Å². The van der Waals surface area contributed by atoms with Crippen molar-refractivity contribution in [2.24, 2.45) is 0 Å². The lowest BCUT2D eigenvalue weighted by atomic mass is 10.1. The molecule has 0 saturated carbocycles. The highest BCUT2D eigenvalue weighted by Crippen LogP contribution is 2.08. The van der Waals surface area contributed by atoms with Crippen LogP contribution in [0.3, 0.4) is 0 Å². The first-order chi connectivity index (χ1) is 7.74. The molecule has 2 N–H and O–H groups in total. The minimum absolute atomic E-state index is 0.389. The van der Waals surface area contributed by atoms with Crippen LogP contribution in [0.1, 0.15) is 31.1 Å². The monoisotopic (exact) mass is 241 g/mol. The maximum Gasteiger partial charge on any atom is 0.320 e. The van der Waals surface area contributed by atoms with E-state index in [1.54, 1.807) is 11.3 Å². The quantitative estimate of drug-likeness (QED) is 0.735. The molecule has 1 heterocycles. The van der Waals surface area contributed by atoms with Crippen LogP contribution in [0.15, 0.2) is 17.5 Å². The van der Waals surface area contributed by atoms with E-state index < -0.39 is 5.97 Å². The van der Waals surface area contributed by atoms with Crippen LogP contribution in [0.4, 0.5) is 0 Å². The SMILES string of the molecule is CCCCC(NCCc1cccs1)C(=O)O. The van der Waals surface area contributed by atoms with Crippen LogP contribution in [-0.4, -0.2) is 23.7 Å². The fraction of sp³-hybridized carbons (Fsp3) is 0.583. The van der Waals surface area contributed by atoms with E-state index in [-0.39, 0.29) is 6.04 Å². The van der Waals surface area contributed by atoms with Gasteiger partial charge in [0, 0.05) is 11.4 Å². The third kappa shape index (κ3) is 4.77. The van der Waals surface area contributed by atoms with Gasteiger partial charge in [-0.05, 0) is 24.3 Å². The average Bonchev–Trinajstić information content (AvgIpc) is 2.75. The van der Waals surface area contributed by atoms with Gasteiger partial charge in [0.25, 0.3) is 0 Å². The Hall–Kier alpha value is -0.870. The lowest BCUT2D eigenvalue weighted by Gasteiger charge is -2.13. The van der Waals surface area contributed by atoms with Gasteiger partial charge >= 0.3 is 5.97 Å². The van der Waals surface area contributed by atoms with E-state index in [1.165, 1.54) is 4.88 Å². The molecule has 0 saturated heterocycles.